The largest absolute Gasteiger partial charge is 0.382 e. The summed E-state index contributed by atoms with van der Waals surface area (Å²) in [6.45, 7) is 10.8. The van der Waals surface area contributed by atoms with Crippen LogP contribution in [0.2, 0.25) is 0 Å². The van der Waals surface area contributed by atoms with Crippen LogP contribution in [0.15, 0.2) is 36.9 Å². The van der Waals surface area contributed by atoms with Crippen molar-refractivity contribution in [3.05, 3.63) is 36.9 Å². The highest BCUT2D eigenvalue weighted by molar-refractivity contribution is 5.89. The summed E-state index contributed by atoms with van der Waals surface area (Å²) in [5.41, 5.74) is 1.89. The maximum absolute atomic E-state index is 11.6. The molecule has 126 valence electrons. The minimum Gasteiger partial charge on any atom is -0.382 e. The van der Waals surface area contributed by atoms with Crippen molar-refractivity contribution < 1.29 is 4.79 Å². The van der Waals surface area contributed by atoms with Gasteiger partial charge in [0.25, 0.3) is 0 Å². The molecule has 1 fully saturated rings. The van der Waals surface area contributed by atoms with E-state index in [0.29, 0.717) is 18.6 Å². The summed E-state index contributed by atoms with van der Waals surface area (Å²) < 4.78 is 0. The maximum Gasteiger partial charge on any atom is 0.319 e. The Balaban J connectivity index is 1.79. The Labute approximate surface area is 139 Å². The number of urea groups is 1. The van der Waals surface area contributed by atoms with Crippen molar-refractivity contribution in [2.24, 2.45) is 0 Å². The lowest BCUT2D eigenvalue weighted by Gasteiger charge is -2.35. The van der Waals surface area contributed by atoms with E-state index in [-0.39, 0.29) is 6.03 Å². The number of likely N-dealkylation sites (tertiary alicyclic amines) is 1. The number of amides is 2. The van der Waals surface area contributed by atoms with E-state index >= 15 is 0 Å². The number of benzene rings is 1. The lowest BCUT2D eigenvalue weighted by molar-refractivity contribution is 0.177. The Bertz CT molecular complexity index is 504. The van der Waals surface area contributed by atoms with Gasteiger partial charge in [0.2, 0.25) is 0 Å². The molecule has 1 aliphatic rings. The second-order valence-electron chi connectivity index (χ2n) is 6.25. The zero-order chi connectivity index (χ0) is 16.7. The molecular formula is C18H28N4O. The monoisotopic (exact) mass is 316 g/mol. The number of nitrogens with zero attached hydrogens (tertiary/aromatic N) is 1. The standard InChI is InChI=1S/C18H28N4O/c1-4-11-19-18(23)21-16-7-5-15(6-8-16)20-17-9-12-22(13-10-17)14(2)3/h4-8,14,17,20H,1,9-13H2,2-3H3,(H2,19,21,23). The minimum absolute atomic E-state index is 0.216. The Kier molecular flexibility index (Phi) is 6.47. The molecule has 2 rings (SSSR count). The average molecular weight is 316 g/mol. The quantitative estimate of drug-likeness (QED) is 0.706. The summed E-state index contributed by atoms with van der Waals surface area (Å²) in [6.07, 6.45) is 3.99. The van der Waals surface area contributed by atoms with Gasteiger partial charge in [-0.25, -0.2) is 4.79 Å². The second-order valence-corrected chi connectivity index (χ2v) is 6.25. The summed E-state index contributed by atoms with van der Waals surface area (Å²) in [5, 5.41) is 9.07. The molecule has 0 atom stereocenters. The second kappa shape index (κ2) is 8.58. The van der Waals surface area contributed by atoms with Crippen LogP contribution >= 0.6 is 0 Å². The molecule has 1 aromatic rings. The summed E-state index contributed by atoms with van der Waals surface area (Å²) in [5.74, 6) is 0. The van der Waals surface area contributed by atoms with Crippen molar-refractivity contribution in [2.75, 3.05) is 30.3 Å². The number of rotatable bonds is 6. The molecule has 0 saturated carbocycles. The van der Waals surface area contributed by atoms with Gasteiger partial charge in [-0.3, -0.25) is 0 Å². The van der Waals surface area contributed by atoms with Crippen LogP contribution in [0.4, 0.5) is 16.2 Å². The van der Waals surface area contributed by atoms with Gasteiger partial charge in [-0.1, -0.05) is 6.08 Å². The van der Waals surface area contributed by atoms with E-state index in [1.807, 2.05) is 24.3 Å². The fraction of sp³-hybridized carbons (Fsp3) is 0.500. The van der Waals surface area contributed by atoms with Crippen LogP contribution in [0.25, 0.3) is 0 Å². The summed E-state index contributed by atoms with van der Waals surface area (Å²) in [6, 6.07) is 8.80. The number of hydrogen-bond donors (Lipinski definition) is 3. The molecule has 1 aliphatic heterocycles. The Morgan fingerprint density at radius 1 is 1.26 bits per heavy atom. The van der Waals surface area contributed by atoms with Crippen LogP contribution in [0.5, 0.6) is 0 Å². The first-order chi connectivity index (χ1) is 11.1. The molecule has 0 unspecified atom stereocenters. The number of piperidine rings is 1. The van der Waals surface area contributed by atoms with Gasteiger partial charge in [-0.15, -0.1) is 6.58 Å². The molecule has 1 heterocycles. The van der Waals surface area contributed by atoms with E-state index in [1.165, 1.54) is 12.8 Å². The number of hydrogen-bond acceptors (Lipinski definition) is 3. The van der Waals surface area contributed by atoms with Crippen LogP contribution < -0.4 is 16.0 Å². The Morgan fingerprint density at radius 2 is 1.87 bits per heavy atom. The van der Waals surface area contributed by atoms with Crippen molar-refractivity contribution in [3.8, 4) is 0 Å². The molecule has 5 nitrogen and oxygen atoms in total. The normalized spacial score (nSPS) is 16.1. The lowest BCUT2D eigenvalue weighted by atomic mass is 10.0. The molecule has 1 saturated heterocycles. The zero-order valence-corrected chi connectivity index (χ0v) is 14.1. The molecule has 0 spiro atoms. The van der Waals surface area contributed by atoms with Gasteiger partial charge in [0, 0.05) is 43.1 Å². The average Bonchev–Trinajstić information content (AvgIpc) is 2.55. The van der Waals surface area contributed by atoms with Crippen LogP contribution in [0, 0.1) is 0 Å². The molecule has 0 bridgehead atoms. The molecular weight excluding hydrogens is 288 g/mol. The highest BCUT2D eigenvalue weighted by atomic mass is 16.2. The van der Waals surface area contributed by atoms with E-state index in [4.69, 9.17) is 0 Å². The zero-order valence-electron chi connectivity index (χ0n) is 14.1. The van der Waals surface area contributed by atoms with E-state index in [9.17, 15) is 4.79 Å². The van der Waals surface area contributed by atoms with Crippen LogP contribution in [-0.4, -0.2) is 42.6 Å². The van der Waals surface area contributed by atoms with E-state index < -0.39 is 0 Å². The Hall–Kier alpha value is -2.01. The van der Waals surface area contributed by atoms with Gasteiger partial charge in [0.05, 0.1) is 0 Å². The van der Waals surface area contributed by atoms with Gasteiger partial charge >= 0.3 is 6.03 Å². The molecule has 0 aliphatic carbocycles. The van der Waals surface area contributed by atoms with Gasteiger partial charge in [-0.2, -0.15) is 0 Å². The van der Waals surface area contributed by atoms with Gasteiger partial charge in [-0.05, 0) is 51.0 Å². The predicted molar refractivity (Wildman–Crippen MR) is 97.0 cm³/mol. The number of nitrogens with one attached hydrogen (secondary N) is 3. The van der Waals surface area contributed by atoms with Crippen LogP contribution in [0.1, 0.15) is 26.7 Å². The molecule has 0 aromatic heterocycles. The maximum atomic E-state index is 11.6. The van der Waals surface area contributed by atoms with Gasteiger partial charge in [0.1, 0.15) is 0 Å². The first kappa shape index (κ1) is 17.3. The van der Waals surface area contributed by atoms with Crippen molar-refractivity contribution in [2.45, 2.75) is 38.8 Å². The SMILES string of the molecule is C=CCNC(=O)Nc1ccc(NC2CCN(C(C)C)CC2)cc1. The van der Waals surface area contributed by atoms with E-state index in [1.54, 1.807) is 6.08 Å². The van der Waals surface area contributed by atoms with Gasteiger partial charge < -0.3 is 20.9 Å². The van der Waals surface area contributed by atoms with E-state index in [0.717, 1.165) is 24.5 Å². The molecule has 2 amide bonds. The third kappa shape index (κ3) is 5.60. The van der Waals surface area contributed by atoms with Crippen LogP contribution in [0.3, 0.4) is 0 Å². The highest BCUT2D eigenvalue weighted by Crippen LogP contribution is 2.19. The number of anilines is 2. The molecule has 0 radical (unpaired) electrons. The van der Waals surface area contributed by atoms with Crippen molar-refractivity contribution in [1.29, 1.82) is 0 Å². The first-order valence-electron chi connectivity index (χ1n) is 8.35. The third-order valence-corrected chi connectivity index (χ3v) is 4.18. The molecule has 3 N–H and O–H groups in total. The molecule has 1 aromatic carbocycles. The fourth-order valence-electron chi connectivity index (χ4n) is 2.79. The van der Waals surface area contributed by atoms with Crippen molar-refractivity contribution in [1.82, 2.24) is 10.2 Å². The third-order valence-electron chi connectivity index (χ3n) is 4.18. The van der Waals surface area contributed by atoms with Crippen molar-refractivity contribution >= 4 is 17.4 Å². The molecule has 5 heteroatoms. The van der Waals surface area contributed by atoms with E-state index in [2.05, 4.69) is 41.3 Å². The number of carbonyl (C=O) groups is 1. The smallest absolute Gasteiger partial charge is 0.319 e. The lowest BCUT2D eigenvalue weighted by Crippen LogP contribution is -2.42. The predicted octanol–water partition coefficient (Wildman–Crippen LogP) is 3.28. The highest BCUT2D eigenvalue weighted by Gasteiger charge is 2.20. The Morgan fingerprint density at radius 3 is 2.43 bits per heavy atom. The summed E-state index contributed by atoms with van der Waals surface area (Å²) in [4.78, 5) is 14.1. The summed E-state index contributed by atoms with van der Waals surface area (Å²) in [7, 11) is 0. The topological polar surface area (TPSA) is 56.4 Å². The first-order valence-corrected chi connectivity index (χ1v) is 8.35. The van der Waals surface area contributed by atoms with Crippen molar-refractivity contribution in [3.63, 3.8) is 0 Å². The number of carbonyl (C=O) groups excluding carboxylic acids is 1. The molecule has 23 heavy (non-hydrogen) atoms. The fourth-order valence-corrected chi connectivity index (χ4v) is 2.79. The summed E-state index contributed by atoms with van der Waals surface area (Å²) >= 11 is 0. The van der Waals surface area contributed by atoms with Crippen LogP contribution in [-0.2, 0) is 0 Å². The van der Waals surface area contributed by atoms with Gasteiger partial charge in [0.15, 0.2) is 0 Å². The minimum atomic E-state index is -0.216.